The Kier molecular flexibility index (Phi) is 30.9. The number of rotatable bonds is 24. The summed E-state index contributed by atoms with van der Waals surface area (Å²) in [5.41, 5.74) is -1.80. The molecule has 1 aliphatic carbocycles. The van der Waals surface area contributed by atoms with E-state index >= 15 is 0 Å². The van der Waals surface area contributed by atoms with Gasteiger partial charge < -0.3 is 40.2 Å². The van der Waals surface area contributed by atoms with Crippen LogP contribution in [0.1, 0.15) is 114 Å². The third-order valence-electron chi connectivity index (χ3n) is 11.8. The molecule has 0 radical (unpaired) electrons. The third kappa shape index (κ3) is 29.4. The SMILES string of the molecule is CC(C)(C)OC(=O)CCN(CCN1C(=O)C=CC1=O)C(=O)OC(C)(C)C.CC(C)(C)OC(=O)CCNCCN1C(=O)C=CC1=O.CCCC(=O)NCCN1C(=O)C=CC1=O.O=C1C=CC(=O)N1CC1CCC1.O=C1C=CC(=O)N1CCNCCO. The van der Waals surface area contributed by atoms with E-state index in [1.165, 1.54) is 77.0 Å². The van der Waals surface area contributed by atoms with Gasteiger partial charge in [0.2, 0.25) is 5.91 Å². The second-order valence-electron chi connectivity index (χ2n) is 22.5. The zero-order valence-electron chi connectivity index (χ0n) is 50.6. The maximum Gasteiger partial charge on any atom is 0.410 e. The molecule has 0 aromatic carbocycles. The number of amides is 12. The van der Waals surface area contributed by atoms with Gasteiger partial charge in [0.25, 0.3) is 59.1 Å². The van der Waals surface area contributed by atoms with Crippen LogP contribution >= 0.6 is 0 Å². The summed E-state index contributed by atoms with van der Waals surface area (Å²) in [4.78, 5) is 166. The quantitative estimate of drug-likeness (QED) is 0.0456. The molecule has 470 valence electrons. The number of imide groups is 5. The van der Waals surface area contributed by atoms with Crippen molar-refractivity contribution in [3.63, 3.8) is 0 Å². The van der Waals surface area contributed by atoms with Crippen molar-refractivity contribution in [1.29, 1.82) is 0 Å². The Labute approximate surface area is 496 Å². The summed E-state index contributed by atoms with van der Waals surface area (Å²) in [6.45, 7) is 21.8. The first-order chi connectivity index (χ1) is 39.7. The number of aliphatic hydroxyl groups is 1. The van der Waals surface area contributed by atoms with E-state index in [2.05, 4.69) is 16.0 Å². The van der Waals surface area contributed by atoms with Gasteiger partial charge in [-0.2, -0.15) is 0 Å². The fourth-order valence-electron chi connectivity index (χ4n) is 7.53. The van der Waals surface area contributed by atoms with Gasteiger partial charge in [-0.3, -0.25) is 86.8 Å². The summed E-state index contributed by atoms with van der Waals surface area (Å²) in [6.07, 6.45) is 17.0. The average Bonchev–Trinajstić information content (AvgIpc) is 4.41. The number of nitrogens with one attached hydrogen (secondary N) is 3. The number of aliphatic hydroxyl groups excluding tert-OH is 1. The van der Waals surface area contributed by atoms with Gasteiger partial charge in [-0.15, -0.1) is 0 Å². The van der Waals surface area contributed by atoms with Gasteiger partial charge in [0.05, 0.1) is 19.4 Å². The van der Waals surface area contributed by atoms with Gasteiger partial charge in [0.15, 0.2) is 0 Å². The minimum Gasteiger partial charge on any atom is -0.460 e. The lowest BCUT2D eigenvalue weighted by Gasteiger charge is -2.28. The largest absolute Gasteiger partial charge is 0.460 e. The molecule has 1 fully saturated rings. The predicted octanol–water partition coefficient (Wildman–Crippen LogP) is 1.15. The van der Waals surface area contributed by atoms with Crippen molar-refractivity contribution >= 4 is 83.0 Å². The Morgan fingerprint density at radius 3 is 1.18 bits per heavy atom. The molecule has 6 rings (SSSR count). The highest BCUT2D eigenvalue weighted by molar-refractivity contribution is 6.15. The molecule has 0 saturated heterocycles. The van der Waals surface area contributed by atoms with Crippen LogP contribution in [0.3, 0.4) is 0 Å². The number of esters is 2. The molecule has 0 bridgehead atoms. The van der Waals surface area contributed by atoms with Crippen molar-refractivity contribution < 1.29 is 86.4 Å². The Balaban J connectivity index is 0.000000373. The van der Waals surface area contributed by atoms with Crippen LogP contribution in [0, 0.1) is 5.92 Å². The first-order valence-corrected chi connectivity index (χ1v) is 28.1. The van der Waals surface area contributed by atoms with E-state index in [4.69, 9.17) is 19.3 Å². The summed E-state index contributed by atoms with van der Waals surface area (Å²) in [5, 5.41) is 17.0. The van der Waals surface area contributed by atoms with E-state index in [1.807, 2.05) is 27.7 Å². The number of hydrogen-bond acceptors (Lipinski definition) is 20. The molecular formula is C58H85N9O18. The van der Waals surface area contributed by atoms with E-state index in [-0.39, 0.29) is 105 Å². The van der Waals surface area contributed by atoms with Crippen LogP contribution < -0.4 is 16.0 Å². The second kappa shape index (κ2) is 36.0. The Bertz CT molecular complexity index is 2490. The van der Waals surface area contributed by atoms with Crippen molar-refractivity contribution in [2.45, 2.75) is 131 Å². The van der Waals surface area contributed by atoms with Crippen LogP contribution in [-0.2, 0) is 76.5 Å². The van der Waals surface area contributed by atoms with Crippen molar-refractivity contribution in [1.82, 2.24) is 45.3 Å². The van der Waals surface area contributed by atoms with Crippen molar-refractivity contribution in [3.05, 3.63) is 60.8 Å². The molecule has 0 aromatic heterocycles. The highest BCUT2D eigenvalue weighted by atomic mass is 16.6. The summed E-state index contributed by atoms with van der Waals surface area (Å²) in [7, 11) is 0. The van der Waals surface area contributed by atoms with Gasteiger partial charge >= 0.3 is 18.0 Å². The first kappa shape index (κ1) is 73.1. The number of nitrogens with zero attached hydrogens (tertiary/aromatic N) is 6. The standard InChI is InChI=1S/C18H28N2O6.C13H20N2O4.C10H14N2O3.C9H11NO2.C8H12N2O3/c1-17(2,3)25-15(23)9-10-19(16(24)26-18(4,5)6)11-12-20-13(21)7-8-14(20)22;1-13(2,3)19-12(18)6-7-14-8-9-15-10(16)4-5-11(15)17;1-2-3-8(13)11-6-7-12-9(14)4-5-10(12)15;11-8-4-5-9(12)10(8)6-7-2-1-3-7;11-6-4-9-3-5-10-7(12)1-2-8(10)13/h7-8H,9-12H2,1-6H3;4-5,14H,6-9H2,1-3H3;4-5H,2-3,6-7H2,1H3,(H,11,13);4-5,7H,1-3,6H2;1-2,9,11H,3-6H2. The Morgan fingerprint density at radius 1 is 0.471 bits per heavy atom. The molecule has 0 unspecified atom stereocenters. The topological polar surface area (TPSA) is 342 Å². The number of hydrogen-bond donors (Lipinski definition) is 4. The monoisotopic (exact) mass is 1200 g/mol. The highest BCUT2D eigenvalue weighted by Crippen LogP contribution is 2.28. The second-order valence-corrected chi connectivity index (χ2v) is 22.5. The lowest BCUT2D eigenvalue weighted by molar-refractivity contribution is -0.156. The zero-order chi connectivity index (χ0) is 64.1. The van der Waals surface area contributed by atoms with Crippen LogP contribution in [0.2, 0.25) is 0 Å². The molecule has 27 heteroatoms. The van der Waals surface area contributed by atoms with Gasteiger partial charge in [0, 0.05) is 146 Å². The van der Waals surface area contributed by atoms with E-state index in [0.29, 0.717) is 64.7 Å². The van der Waals surface area contributed by atoms with Gasteiger partial charge in [-0.05, 0) is 87.5 Å². The number of carbonyl (C=O) groups is 14. The minimum atomic E-state index is -0.706. The number of ether oxygens (including phenoxy) is 3. The summed E-state index contributed by atoms with van der Waals surface area (Å²) in [6, 6.07) is 0. The molecule has 5 heterocycles. The molecule has 0 spiro atoms. The van der Waals surface area contributed by atoms with Crippen LogP contribution in [0.5, 0.6) is 0 Å². The van der Waals surface area contributed by atoms with E-state index in [9.17, 15) is 67.1 Å². The van der Waals surface area contributed by atoms with Gasteiger partial charge in [-0.1, -0.05) is 13.3 Å². The van der Waals surface area contributed by atoms with E-state index < -0.39 is 40.7 Å². The van der Waals surface area contributed by atoms with Crippen LogP contribution in [0.25, 0.3) is 0 Å². The molecule has 6 aliphatic rings. The van der Waals surface area contributed by atoms with Crippen LogP contribution in [0.4, 0.5) is 4.79 Å². The molecule has 1 saturated carbocycles. The molecule has 0 atom stereocenters. The van der Waals surface area contributed by atoms with Crippen LogP contribution in [0.15, 0.2) is 60.8 Å². The van der Waals surface area contributed by atoms with E-state index in [1.54, 1.807) is 41.5 Å². The maximum absolute atomic E-state index is 12.4. The molecule has 0 aromatic rings. The van der Waals surface area contributed by atoms with Gasteiger partial charge in [-0.25, -0.2) is 4.79 Å². The number of carbonyl (C=O) groups excluding carboxylic acids is 14. The fourth-order valence-corrected chi connectivity index (χ4v) is 7.53. The first-order valence-electron chi connectivity index (χ1n) is 28.1. The molecular weight excluding hydrogens is 1110 g/mol. The molecule has 5 aliphatic heterocycles. The Hall–Kier alpha value is -8.04. The van der Waals surface area contributed by atoms with Crippen molar-refractivity contribution in [2.75, 3.05) is 85.1 Å². The van der Waals surface area contributed by atoms with Gasteiger partial charge in [0.1, 0.15) is 16.8 Å². The summed E-state index contributed by atoms with van der Waals surface area (Å²) >= 11 is 0. The smallest absolute Gasteiger partial charge is 0.410 e. The lowest BCUT2D eigenvalue weighted by atomic mass is 9.85. The third-order valence-corrected chi connectivity index (χ3v) is 11.8. The molecule has 27 nitrogen and oxygen atoms in total. The summed E-state index contributed by atoms with van der Waals surface area (Å²) in [5.74, 6) is -3.09. The molecule has 12 amide bonds. The van der Waals surface area contributed by atoms with Crippen LogP contribution in [-0.4, -0.2) is 219 Å². The normalized spacial score (nSPS) is 16.2. The lowest BCUT2D eigenvalue weighted by Crippen LogP contribution is -2.44. The van der Waals surface area contributed by atoms with Crippen molar-refractivity contribution in [3.8, 4) is 0 Å². The Morgan fingerprint density at radius 2 is 0.824 bits per heavy atom. The molecule has 4 N–H and O–H groups in total. The minimum absolute atomic E-state index is 0.0172. The summed E-state index contributed by atoms with van der Waals surface area (Å²) < 4.78 is 15.7. The predicted molar refractivity (Wildman–Crippen MR) is 306 cm³/mol. The average molecular weight is 1200 g/mol. The fraction of sp³-hybridized carbons (Fsp3) is 0.586. The zero-order valence-corrected chi connectivity index (χ0v) is 50.6. The maximum atomic E-state index is 12.4. The van der Waals surface area contributed by atoms with Crippen molar-refractivity contribution in [2.24, 2.45) is 5.92 Å². The highest BCUT2D eigenvalue weighted by Gasteiger charge is 2.31. The van der Waals surface area contributed by atoms with E-state index in [0.717, 1.165) is 38.9 Å². The molecule has 85 heavy (non-hydrogen) atoms.